The molecule has 98 valence electrons. The molecule has 2 N–H and O–H groups in total. The molecule has 3 heteroatoms. The molecule has 1 unspecified atom stereocenters. The van der Waals surface area contributed by atoms with Crippen molar-refractivity contribution in [1.82, 2.24) is 4.90 Å². The first-order chi connectivity index (χ1) is 8.68. The second-order valence-corrected chi connectivity index (χ2v) is 5.14. The molecule has 0 spiro atoms. The molecule has 0 bridgehead atoms. The van der Waals surface area contributed by atoms with Crippen molar-refractivity contribution in [3.63, 3.8) is 0 Å². The zero-order valence-electron chi connectivity index (χ0n) is 11.0. The Hall–Kier alpha value is -1.35. The van der Waals surface area contributed by atoms with Gasteiger partial charge in [0.25, 0.3) is 0 Å². The Morgan fingerprint density at radius 1 is 1.44 bits per heavy atom. The Kier molecular flexibility index (Phi) is 4.37. The smallest absolute Gasteiger partial charge is 0.239 e. The zero-order valence-corrected chi connectivity index (χ0v) is 11.0. The van der Waals surface area contributed by atoms with Gasteiger partial charge in [-0.15, -0.1) is 0 Å². The number of likely N-dealkylation sites (tertiary alicyclic amines) is 1. The van der Waals surface area contributed by atoms with Crippen LogP contribution in [0.3, 0.4) is 0 Å². The van der Waals surface area contributed by atoms with Crippen molar-refractivity contribution in [1.29, 1.82) is 0 Å². The molecule has 0 radical (unpaired) electrons. The topological polar surface area (TPSA) is 46.3 Å². The van der Waals surface area contributed by atoms with Gasteiger partial charge in [-0.25, -0.2) is 0 Å². The van der Waals surface area contributed by atoms with E-state index in [1.54, 1.807) is 6.92 Å². The van der Waals surface area contributed by atoms with E-state index in [-0.39, 0.29) is 11.9 Å². The fourth-order valence-corrected chi connectivity index (χ4v) is 2.67. The third-order valence-corrected chi connectivity index (χ3v) is 3.66. The zero-order chi connectivity index (χ0) is 13.0. The third kappa shape index (κ3) is 3.10. The van der Waals surface area contributed by atoms with Gasteiger partial charge in [-0.1, -0.05) is 30.3 Å². The highest BCUT2D eigenvalue weighted by Gasteiger charge is 2.29. The molecule has 2 rings (SSSR count). The Bertz CT molecular complexity index is 389. The predicted octanol–water partition coefficient (Wildman–Crippen LogP) is 1.96. The summed E-state index contributed by atoms with van der Waals surface area (Å²) in [6.07, 6.45) is 4.31. The van der Waals surface area contributed by atoms with Crippen LogP contribution in [0.25, 0.3) is 0 Å². The minimum absolute atomic E-state index is 0.102. The van der Waals surface area contributed by atoms with E-state index in [4.69, 9.17) is 5.73 Å². The van der Waals surface area contributed by atoms with E-state index in [2.05, 4.69) is 24.3 Å². The van der Waals surface area contributed by atoms with E-state index < -0.39 is 0 Å². The van der Waals surface area contributed by atoms with Gasteiger partial charge >= 0.3 is 0 Å². The lowest BCUT2D eigenvalue weighted by molar-refractivity contribution is -0.133. The summed E-state index contributed by atoms with van der Waals surface area (Å²) in [7, 11) is 0. The van der Waals surface area contributed by atoms with Gasteiger partial charge in [0.15, 0.2) is 0 Å². The number of hydrogen-bond donors (Lipinski definition) is 1. The second-order valence-electron chi connectivity index (χ2n) is 5.14. The van der Waals surface area contributed by atoms with E-state index in [0.29, 0.717) is 6.04 Å². The molecule has 1 aromatic rings. The number of amides is 1. The fraction of sp³-hybridized carbons (Fsp3) is 0.533. The van der Waals surface area contributed by atoms with Gasteiger partial charge in [-0.05, 0) is 38.2 Å². The molecule has 0 aromatic heterocycles. The minimum Gasteiger partial charge on any atom is -0.338 e. The molecule has 0 saturated carbocycles. The van der Waals surface area contributed by atoms with Crippen LogP contribution in [0, 0.1) is 0 Å². The molecule has 1 fully saturated rings. The van der Waals surface area contributed by atoms with Gasteiger partial charge in [-0.2, -0.15) is 0 Å². The summed E-state index contributed by atoms with van der Waals surface area (Å²) in [5.74, 6) is 0.102. The van der Waals surface area contributed by atoms with E-state index in [1.165, 1.54) is 5.56 Å². The van der Waals surface area contributed by atoms with Crippen molar-refractivity contribution in [2.24, 2.45) is 5.73 Å². The summed E-state index contributed by atoms with van der Waals surface area (Å²) >= 11 is 0. The van der Waals surface area contributed by atoms with E-state index in [0.717, 1.165) is 32.2 Å². The van der Waals surface area contributed by atoms with Crippen molar-refractivity contribution in [3.05, 3.63) is 35.9 Å². The first-order valence-electron chi connectivity index (χ1n) is 6.78. The number of hydrogen-bond acceptors (Lipinski definition) is 2. The molecule has 18 heavy (non-hydrogen) atoms. The highest BCUT2D eigenvalue weighted by atomic mass is 16.2. The average molecular weight is 246 g/mol. The summed E-state index contributed by atoms with van der Waals surface area (Å²) in [5.41, 5.74) is 7.04. The molecule has 1 amide bonds. The Balaban J connectivity index is 1.90. The van der Waals surface area contributed by atoms with Crippen LogP contribution in [0.4, 0.5) is 0 Å². The number of aryl methyl sites for hydroxylation is 1. The highest BCUT2D eigenvalue weighted by Crippen LogP contribution is 2.22. The quantitative estimate of drug-likeness (QED) is 0.882. The van der Waals surface area contributed by atoms with Crippen molar-refractivity contribution in [2.45, 2.75) is 44.7 Å². The third-order valence-electron chi connectivity index (χ3n) is 3.66. The van der Waals surface area contributed by atoms with Gasteiger partial charge in [-0.3, -0.25) is 4.79 Å². The molecule has 0 aliphatic carbocycles. The summed E-state index contributed by atoms with van der Waals surface area (Å²) < 4.78 is 0. The van der Waals surface area contributed by atoms with Gasteiger partial charge < -0.3 is 10.6 Å². The Morgan fingerprint density at radius 3 is 2.83 bits per heavy atom. The molecular weight excluding hydrogens is 224 g/mol. The van der Waals surface area contributed by atoms with Gasteiger partial charge in [0, 0.05) is 12.6 Å². The van der Waals surface area contributed by atoms with E-state index >= 15 is 0 Å². The van der Waals surface area contributed by atoms with Crippen LogP contribution in [0.5, 0.6) is 0 Å². The number of carbonyl (C=O) groups excluding carboxylic acids is 1. The van der Waals surface area contributed by atoms with Crippen LogP contribution in [0.15, 0.2) is 30.3 Å². The van der Waals surface area contributed by atoms with Gasteiger partial charge in [0.2, 0.25) is 5.91 Å². The number of carbonyl (C=O) groups is 1. The van der Waals surface area contributed by atoms with Crippen LogP contribution < -0.4 is 5.73 Å². The number of rotatable bonds is 4. The summed E-state index contributed by atoms with van der Waals surface area (Å²) in [6.45, 7) is 2.65. The summed E-state index contributed by atoms with van der Waals surface area (Å²) in [4.78, 5) is 13.9. The second kappa shape index (κ2) is 6.01. The Labute approximate surface area is 109 Å². The van der Waals surface area contributed by atoms with Gasteiger partial charge in [0.1, 0.15) is 0 Å². The molecule has 1 aliphatic rings. The SMILES string of the molecule is C[C@H](N)C(=O)N1CCCC1CCc1ccccc1. The number of benzene rings is 1. The lowest BCUT2D eigenvalue weighted by atomic mass is 10.0. The molecule has 1 aliphatic heterocycles. The van der Waals surface area contributed by atoms with Crippen molar-refractivity contribution in [3.8, 4) is 0 Å². The van der Waals surface area contributed by atoms with E-state index in [1.807, 2.05) is 11.0 Å². The first-order valence-corrected chi connectivity index (χ1v) is 6.78. The molecule has 1 heterocycles. The molecule has 1 saturated heterocycles. The molecular formula is C15H22N2O. The van der Waals surface area contributed by atoms with Crippen molar-refractivity contribution in [2.75, 3.05) is 6.54 Å². The standard InChI is InChI=1S/C15H22N2O/c1-12(16)15(18)17-11-5-8-14(17)10-9-13-6-3-2-4-7-13/h2-4,6-7,12,14H,5,8-11,16H2,1H3/t12-,14?/m0/s1. The van der Waals surface area contributed by atoms with Crippen molar-refractivity contribution >= 4 is 5.91 Å². The normalized spacial score (nSPS) is 21.0. The largest absolute Gasteiger partial charge is 0.338 e. The lowest BCUT2D eigenvalue weighted by Crippen LogP contribution is -2.44. The van der Waals surface area contributed by atoms with Crippen LogP contribution in [0.2, 0.25) is 0 Å². The summed E-state index contributed by atoms with van der Waals surface area (Å²) in [6, 6.07) is 10.5. The van der Waals surface area contributed by atoms with Crippen LogP contribution in [-0.4, -0.2) is 29.4 Å². The maximum atomic E-state index is 12.0. The molecule has 2 atom stereocenters. The lowest BCUT2D eigenvalue weighted by Gasteiger charge is -2.26. The maximum absolute atomic E-state index is 12.0. The number of nitrogens with zero attached hydrogens (tertiary/aromatic N) is 1. The fourth-order valence-electron chi connectivity index (χ4n) is 2.67. The maximum Gasteiger partial charge on any atom is 0.239 e. The monoisotopic (exact) mass is 246 g/mol. The highest BCUT2D eigenvalue weighted by molar-refractivity contribution is 5.81. The van der Waals surface area contributed by atoms with Crippen LogP contribution in [-0.2, 0) is 11.2 Å². The Morgan fingerprint density at radius 2 is 2.17 bits per heavy atom. The molecule has 3 nitrogen and oxygen atoms in total. The van der Waals surface area contributed by atoms with Crippen LogP contribution >= 0.6 is 0 Å². The van der Waals surface area contributed by atoms with Crippen LogP contribution in [0.1, 0.15) is 31.7 Å². The first kappa shape index (κ1) is 13.1. The number of nitrogens with two attached hydrogens (primary N) is 1. The van der Waals surface area contributed by atoms with E-state index in [9.17, 15) is 4.79 Å². The van der Waals surface area contributed by atoms with Crippen molar-refractivity contribution < 1.29 is 4.79 Å². The predicted molar refractivity (Wildman–Crippen MR) is 73.1 cm³/mol. The average Bonchev–Trinajstić information content (AvgIpc) is 2.84. The molecule has 1 aromatic carbocycles. The van der Waals surface area contributed by atoms with Gasteiger partial charge in [0.05, 0.1) is 6.04 Å². The summed E-state index contributed by atoms with van der Waals surface area (Å²) in [5, 5.41) is 0. The minimum atomic E-state index is -0.373.